The highest BCUT2D eigenvalue weighted by Gasteiger charge is 2.02. The summed E-state index contributed by atoms with van der Waals surface area (Å²) < 4.78 is 1.82. The van der Waals surface area contributed by atoms with Gasteiger partial charge in [0.1, 0.15) is 12.9 Å². The Balaban J connectivity index is 0.00000220. The maximum Gasteiger partial charge on any atom is 0.193 e. The molecule has 1 heterocycles. The van der Waals surface area contributed by atoms with Gasteiger partial charge in [-0.15, -0.1) is 34.2 Å². The first-order valence-electron chi connectivity index (χ1n) is 6.56. The van der Waals surface area contributed by atoms with Crippen molar-refractivity contribution < 1.29 is 0 Å². The molecule has 0 atom stereocenters. The van der Waals surface area contributed by atoms with Crippen LogP contribution in [0.15, 0.2) is 35.6 Å². The van der Waals surface area contributed by atoms with Gasteiger partial charge in [0, 0.05) is 12.7 Å². The van der Waals surface area contributed by atoms with Crippen molar-refractivity contribution in [1.82, 2.24) is 14.8 Å². The zero-order chi connectivity index (χ0) is 14.5. The van der Waals surface area contributed by atoms with E-state index in [-0.39, 0.29) is 24.0 Å². The summed E-state index contributed by atoms with van der Waals surface area (Å²) in [7, 11) is 1.88. The van der Waals surface area contributed by atoms with Crippen molar-refractivity contribution in [3.8, 4) is 0 Å². The van der Waals surface area contributed by atoms with E-state index < -0.39 is 0 Å². The molecule has 3 N–H and O–H groups in total. The van der Waals surface area contributed by atoms with Crippen molar-refractivity contribution in [1.29, 1.82) is 0 Å². The lowest BCUT2D eigenvalue weighted by atomic mass is 10.0. The number of aliphatic imine (C=N–C) groups is 1. The van der Waals surface area contributed by atoms with Crippen LogP contribution in [0.4, 0.5) is 5.69 Å². The van der Waals surface area contributed by atoms with E-state index in [9.17, 15) is 0 Å². The van der Waals surface area contributed by atoms with Crippen LogP contribution < -0.4 is 11.1 Å². The van der Waals surface area contributed by atoms with Crippen LogP contribution >= 0.6 is 24.0 Å². The van der Waals surface area contributed by atoms with Crippen LogP contribution in [0.2, 0.25) is 0 Å². The maximum atomic E-state index is 5.88. The van der Waals surface area contributed by atoms with Gasteiger partial charge in [0.25, 0.3) is 0 Å². The van der Waals surface area contributed by atoms with Crippen LogP contribution in [0, 0.1) is 0 Å². The summed E-state index contributed by atoms with van der Waals surface area (Å²) in [6.45, 7) is 4.72. The zero-order valence-corrected chi connectivity index (χ0v) is 14.8. The van der Waals surface area contributed by atoms with Crippen molar-refractivity contribution in [2.45, 2.75) is 26.3 Å². The summed E-state index contributed by atoms with van der Waals surface area (Å²) in [6, 6.07) is 8.16. The van der Waals surface area contributed by atoms with Crippen molar-refractivity contribution in [3.63, 3.8) is 0 Å². The molecular formula is C14H21IN6. The topological polar surface area (TPSA) is 81.1 Å². The number of halogens is 1. The Hall–Kier alpha value is -1.64. The summed E-state index contributed by atoms with van der Waals surface area (Å²) in [4.78, 5) is 4.26. The molecule has 0 bridgehead atoms. The molecule has 0 fully saturated rings. The second-order valence-electron chi connectivity index (χ2n) is 4.96. The fourth-order valence-corrected chi connectivity index (χ4v) is 1.77. The molecule has 1 aromatic heterocycles. The van der Waals surface area contributed by atoms with Gasteiger partial charge >= 0.3 is 0 Å². The number of benzene rings is 1. The van der Waals surface area contributed by atoms with Gasteiger partial charge in [-0.1, -0.05) is 26.0 Å². The Morgan fingerprint density at radius 1 is 1.43 bits per heavy atom. The summed E-state index contributed by atoms with van der Waals surface area (Å²) in [6.07, 6.45) is 1.64. The summed E-state index contributed by atoms with van der Waals surface area (Å²) in [5, 5.41) is 10.8. The Bertz CT molecular complexity index is 605. The lowest BCUT2D eigenvalue weighted by molar-refractivity contribution is 0.792. The third-order valence-electron chi connectivity index (χ3n) is 3.02. The molecule has 0 amide bonds. The van der Waals surface area contributed by atoms with Gasteiger partial charge in [-0.2, -0.15) is 0 Å². The molecule has 0 aliphatic heterocycles. The minimum Gasteiger partial charge on any atom is -0.370 e. The molecule has 2 rings (SSSR count). The van der Waals surface area contributed by atoms with E-state index in [4.69, 9.17) is 5.73 Å². The van der Waals surface area contributed by atoms with E-state index in [1.807, 2.05) is 23.7 Å². The van der Waals surface area contributed by atoms with E-state index in [0.29, 0.717) is 18.4 Å². The number of nitrogens with two attached hydrogens (primary N) is 1. The fraction of sp³-hybridized carbons (Fsp3) is 0.357. The van der Waals surface area contributed by atoms with E-state index >= 15 is 0 Å². The molecule has 0 aliphatic rings. The highest BCUT2D eigenvalue weighted by molar-refractivity contribution is 14.0. The van der Waals surface area contributed by atoms with Crippen LogP contribution in [-0.2, 0) is 13.6 Å². The maximum absolute atomic E-state index is 5.88. The molecule has 2 aromatic rings. The highest BCUT2D eigenvalue weighted by atomic mass is 127. The number of aromatic nitrogens is 3. The standard InChI is InChI=1S/C14H20N6.HI/c1-10(2)11-5-4-6-12(7-11)18-14(15)16-8-13-19-17-9-20(13)3;/h4-7,9-10H,8H2,1-3H3,(H3,15,16,18);1H. The number of hydrogen-bond donors (Lipinski definition) is 2. The zero-order valence-electron chi connectivity index (χ0n) is 12.4. The SMILES string of the molecule is CC(C)c1cccc(NC(N)=NCc2nncn2C)c1.I. The first kappa shape index (κ1) is 17.4. The fourth-order valence-electron chi connectivity index (χ4n) is 1.77. The Labute approximate surface area is 141 Å². The van der Waals surface area contributed by atoms with Gasteiger partial charge in [0.2, 0.25) is 0 Å². The number of nitrogens with zero attached hydrogens (tertiary/aromatic N) is 4. The lowest BCUT2D eigenvalue weighted by Gasteiger charge is -2.09. The number of anilines is 1. The van der Waals surface area contributed by atoms with Gasteiger partial charge in [0.15, 0.2) is 11.8 Å². The average Bonchev–Trinajstić information content (AvgIpc) is 2.82. The van der Waals surface area contributed by atoms with Crippen molar-refractivity contribution in [3.05, 3.63) is 42.0 Å². The molecule has 0 saturated heterocycles. The minimum absolute atomic E-state index is 0. The number of rotatable bonds is 4. The predicted molar refractivity (Wildman–Crippen MR) is 95.9 cm³/mol. The average molecular weight is 400 g/mol. The third kappa shape index (κ3) is 5.00. The molecule has 0 spiro atoms. The largest absolute Gasteiger partial charge is 0.370 e. The van der Waals surface area contributed by atoms with Gasteiger partial charge in [-0.05, 0) is 23.6 Å². The second-order valence-corrected chi connectivity index (χ2v) is 4.96. The van der Waals surface area contributed by atoms with E-state index in [0.717, 1.165) is 11.5 Å². The lowest BCUT2D eigenvalue weighted by Crippen LogP contribution is -2.23. The molecule has 0 saturated carbocycles. The third-order valence-corrected chi connectivity index (χ3v) is 3.02. The Kier molecular flexibility index (Phi) is 6.60. The molecule has 21 heavy (non-hydrogen) atoms. The van der Waals surface area contributed by atoms with Crippen LogP contribution in [-0.4, -0.2) is 20.7 Å². The van der Waals surface area contributed by atoms with Crippen molar-refractivity contribution in [2.24, 2.45) is 17.8 Å². The molecule has 0 aliphatic carbocycles. The summed E-state index contributed by atoms with van der Waals surface area (Å²) in [5.41, 5.74) is 8.08. The van der Waals surface area contributed by atoms with Gasteiger partial charge in [-0.3, -0.25) is 0 Å². The number of hydrogen-bond acceptors (Lipinski definition) is 3. The molecule has 114 valence electrons. The quantitative estimate of drug-likeness (QED) is 0.470. The number of aryl methyl sites for hydroxylation is 1. The first-order chi connectivity index (χ1) is 9.56. The molecule has 1 aromatic carbocycles. The second kappa shape index (κ2) is 7.96. The van der Waals surface area contributed by atoms with Gasteiger partial charge in [0.05, 0.1) is 0 Å². The molecular weight excluding hydrogens is 379 g/mol. The smallest absolute Gasteiger partial charge is 0.193 e. The van der Waals surface area contributed by atoms with Crippen molar-refractivity contribution >= 4 is 35.6 Å². The number of guanidine groups is 1. The van der Waals surface area contributed by atoms with E-state index in [1.165, 1.54) is 5.56 Å². The van der Waals surface area contributed by atoms with Crippen LogP contribution in [0.1, 0.15) is 31.2 Å². The van der Waals surface area contributed by atoms with Crippen LogP contribution in [0.3, 0.4) is 0 Å². The molecule has 6 nitrogen and oxygen atoms in total. The monoisotopic (exact) mass is 400 g/mol. The van der Waals surface area contributed by atoms with Gasteiger partial charge < -0.3 is 15.6 Å². The van der Waals surface area contributed by atoms with Crippen LogP contribution in [0.5, 0.6) is 0 Å². The minimum atomic E-state index is 0. The summed E-state index contributed by atoms with van der Waals surface area (Å²) >= 11 is 0. The predicted octanol–water partition coefficient (Wildman–Crippen LogP) is 2.48. The van der Waals surface area contributed by atoms with E-state index in [1.54, 1.807) is 6.33 Å². The Morgan fingerprint density at radius 2 is 2.19 bits per heavy atom. The van der Waals surface area contributed by atoms with Crippen LogP contribution in [0.25, 0.3) is 0 Å². The molecule has 0 unspecified atom stereocenters. The Morgan fingerprint density at radius 3 is 2.81 bits per heavy atom. The molecule has 7 heteroatoms. The highest BCUT2D eigenvalue weighted by Crippen LogP contribution is 2.18. The van der Waals surface area contributed by atoms with Gasteiger partial charge in [-0.25, -0.2) is 4.99 Å². The first-order valence-corrected chi connectivity index (χ1v) is 6.56. The normalized spacial score (nSPS) is 11.3. The number of nitrogens with one attached hydrogen (secondary N) is 1. The van der Waals surface area contributed by atoms with E-state index in [2.05, 4.69) is 46.5 Å². The van der Waals surface area contributed by atoms with Crippen molar-refractivity contribution in [2.75, 3.05) is 5.32 Å². The summed E-state index contributed by atoms with van der Waals surface area (Å²) in [5.74, 6) is 1.62. The molecule has 0 radical (unpaired) electrons.